The molecule has 7 nitrogen and oxygen atoms in total. The molecule has 0 aliphatic rings. The number of terminal acetylenes is 1. The van der Waals surface area contributed by atoms with Gasteiger partial charge in [-0.25, -0.2) is 0 Å². The lowest BCUT2D eigenvalue weighted by molar-refractivity contribution is -0.479. The maximum Gasteiger partial charge on any atom is 0.220 e. The molecule has 0 amide bonds. The van der Waals surface area contributed by atoms with Crippen molar-refractivity contribution < 1.29 is 9.66 Å². The van der Waals surface area contributed by atoms with Gasteiger partial charge in [0.15, 0.2) is 5.16 Å². The molecule has 8 heteroatoms. The van der Waals surface area contributed by atoms with Crippen LogP contribution in [0.2, 0.25) is 0 Å². The number of aromatic nitrogens is 3. The van der Waals surface area contributed by atoms with Gasteiger partial charge in [-0.1, -0.05) is 35.9 Å². The van der Waals surface area contributed by atoms with Crippen LogP contribution in [0.5, 0.6) is 5.75 Å². The Labute approximate surface area is 179 Å². The Balaban J connectivity index is 1.92. The topological polar surface area (TPSA) is 83.1 Å². The van der Waals surface area contributed by atoms with Crippen molar-refractivity contribution in [3.63, 3.8) is 0 Å². The molecule has 0 saturated heterocycles. The average Bonchev–Trinajstić information content (AvgIpc) is 3.08. The van der Waals surface area contributed by atoms with Crippen LogP contribution in [0, 0.1) is 43.2 Å². The molecule has 0 aliphatic heterocycles. The van der Waals surface area contributed by atoms with E-state index in [1.54, 1.807) is 12.1 Å². The second kappa shape index (κ2) is 9.46. The summed E-state index contributed by atoms with van der Waals surface area (Å²) in [5.41, 5.74) is 4.08. The van der Waals surface area contributed by atoms with E-state index in [1.165, 1.54) is 17.3 Å². The number of benzene rings is 2. The highest BCUT2D eigenvalue weighted by Gasteiger charge is 2.24. The summed E-state index contributed by atoms with van der Waals surface area (Å²) in [7, 11) is 0. The molecule has 2 aromatic carbocycles. The summed E-state index contributed by atoms with van der Waals surface area (Å²) in [6.07, 6.45) is 5.21. The van der Waals surface area contributed by atoms with E-state index in [-0.39, 0.29) is 18.1 Å². The lowest BCUT2D eigenvalue weighted by atomic mass is 10.1. The quantitative estimate of drug-likeness (QED) is 0.233. The van der Waals surface area contributed by atoms with Gasteiger partial charge < -0.3 is 4.74 Å². The van der Waals surface area contributed by atoms with E-state index >= 15 is 0 Å². The van der Waals surface area contributed by atoms with Gasteiger partial charge in [0.05, 0.1) is 0 Å². The van der Waals surface area contributed by atoms with Gasteiger partial charge in [0.1, 0.15) is 23.4 Å². The molecule has 0 spiro atoms. The Morgan fingerprint density at radius 2 is 1.90 bits per heavy atom. The molecule has 3 rings (SSSR count). The van der Waals surface area contributed by atoms with E-state index in [2.05, 4.69) is 29.1 Å². The highest BCUT2D eigenvalue weighted by molar-refractivity contribution is 7.99. The molecule has 1 aromatic heterocycles. The minimum atomic E-state index is -0.435. The molecule has 0 aliphatic carbocycles. The second-order valence-electron chi connectivity index (χ2n) is 6.82. The molecule has 1 heterocycles. The largest absolute Gasteiger partial charge is 0.481 e. The number of rotatable bonds is 8. The molecule has 154 valence electrons. The Morgan fingerprint density at radius 1 is 1.17 bits per heavy atom. The van der Waals surface area contributed by atoms with Crippen molar-refractivity contribution in [2.24, 2.45) is 0 Å². The SMILES string of the molecule is C#CCOc1ccc([C@@H](C[N+](=O)[O-])Sc2nnc(C)n2-c2ccc(C)c(C)c2)cc1. The van der Waals surface area contributed by atoms with Gasteiger partial charge in [-0.3, -0.25) is 14.7 Å². The zero-order chi connectivity index (χ0) is 21.7. The van der Waals surface area contributed by atoms with Gasteiger partial charge in [0, 0.05) is 10.6 Å². The van der Waals surface area contributed by atoms with Crippen LogP contribution in [-0.2, 0) is 0 Å². The average molecular weight is 423 g/mol. The highest BCUT2D eigenvalue weighted by atomic mass is 32.2. The molecular weight excluding hydrogens is 400 g/mol. The van der Waals surface area contributed by atoms with Gasteiger partial charge in [0.2, 0.25) is 6.54 Å². The fourth-order valence-electron chi connectivity index (χ4n) is 2.96. The first kappa shape index (κ1) is 21.4. The molecule has 3 aromatic rings. The third kappa shape index (κ3) is 4.99. The van der Waals surface area contributed by atoms with Gasteiger partial charge in [-0.05, 0) is 61.7 Å². The Bertz CT molecular complexity index is 1090. The number of hydrogen-bond acceptors (Lipinski definition) is 6. The zero-order valence-corrected chi connectivity index (χ0v) is 17.8. The van der Waals surface area contributed by atoms with Crippen LogP contribution in [0.15, 0.2) is 47.6 Å². The molecule has 0 N–H and O–H groups in total. The normalized spacial score (nSPS) is 11.7. The van der Waals surface area contributed by atoms with Gasteiger partial charge in [-0.15, -0.1) is 16.6 Å². The third-order valence-electron chi connectivity index (χ3n) is 4.68. The lowest BCUT2D eigenvalue weighted by Crippen LogP contribution is -2.11. The van der Waals surface area contributed by atoms with Crippen molar-refractivity contribution >= 4 is 11.8 Å². The first-order chi connectivity index (χ1) is 14.4. The maximum atomic E-state index is 11.3. The van der Waals surface area contributed by atoms with E-state index in [1.807, 2.05) is 42.7 Å². The van der Waals surface area contributed by atoms with Crippen molar-refractivity contribution in [3.05, 3.63) is 75.1 Å². The van der Waals surface area contributed by atoms with Gasteiger partial charge in [-0.2, -0.15) is 0 Å². The standard InChI is InChI=1S/C22H22N4O3S/c1-5-12-29-20-10-7-18(8-11-20)21(14-25(27)28)30-22-24-23-17(4)26(22)19-9-6-15(2)16(3)13-19/h1,6-11,13,21H,12,14H2,2-4H3/t21-/m1/s1. The second-order valence-corrected chi connectivity index (χ2v) is 7.99. The molecule has 0 fully saturated rings. The van der Waals surface area contributed by atoms with Crippen LogP contribution in [0.3, 0.4) is 0 Å². The van der Waals surface area contributed by atoms with Crippen LogP contribution in [-0.4, -0.2) is 32.8 Å². The predicted molar refractivity (Wildman–Crippen MR) is 117 cm³/mol. The van der Waals surface area contributed by atoms with E-state index in [9.17, 15) is 10.1 Å². The molecule has 0 bridgehead atoms. The van der Waals surface area contributed by atoms with Gasteiger partial charge in [0.25, 0.3) is 0 Å². The number of thioether (sulfide) groups is 1. The first-order valence-corrected chi connectivity index (χ1v) is 10.2. The Hall–Kier alpha value is -3.31. The van der Waals surface area contributed by atoms with Crippen LogP contribution in [0.4, 0.5) is 0 Å². The smallest absolute Gasteiger partial charge is 0.220 e. The summed E-state index contributed by atoms with van der Waals surface area (Å²) in [6.45, 7) is 5.90. The number of hydrogen-bond donors (Lipinski definition) is 0. The molecule has 0 saturated carbocycles. The van der Waals surface area contributed by atoms with E-state index in [0.717, 1.165) is 22.6 Å². The monoisotopic (exact) mass is 422 g/mol. The minimum absolute atomic E-state index is 0.171. The fraction of sp³-hybridized carbons (Fsp3) is 0.273. The Kier molecular flexibility index (Phi) is 6.75. The van der Waals surface area contributed by atoms with Crippen LogP contribution < -0.4 is 4.74 Å². The predicted octanol–water partition coefficient (Wildman–Crippen LogP) is 4.31. The third-order valence-corrected chi connectivity index (χ3v) is 5.86. The molecule has 0 unspecified atom stereocenters. The van der Waals surface area contributed by atoms with Gasteiger partial charge >= 0.3 is 0 Å². The maximum absolute atomic E-state index is 11.3. The number of nitrogens with zero attached hydrogens (tertiary/aromatic N) is 4. The number of ether oxygens (including phenoxy) is 1. The highest BCUT2D eigenvalue weighted by Crippen LogP contribution is 2.36. The summed E-state index contributed by atoms with van der Waals surface area (Å²) in [6, 6.07) is 13.3. The Morgan fingerprint density at radius 3 is 2.53 bits per heavy atom. The van der Waals surface area contributed by atoms with Crippen molar-refractivity contribution in [1.29, 1.82) is 0 Å². The summed E-state index contributed by atoms with van der Waals surface area (Å²) < 4.78 is 7.31. The van der Waals surface area contributed by atoms with Crippen molar-refractivity contribution in [2.75, 3.05) is 13.2 Å². The molecule has 30 heavy (non-hydrogen) atoms. The number of nitro groups is 1. The zero-order valence-electron chi connectivity index (χ0n) is 17.0. The minimum Gasteiger partial charge on any atom is -0.481 e. The summed E-state index contributed by atoms with van der Waals surface area (Å²) in [5.74, 6) is 3.75. The summed E-state index contributed by atoms with van der Waals surface area (Å²) >= 11 is 1.32. The number of aryl methyl sites for hydroxylation is 3. The molecule has 1 atom stereocenters. The van der Waals surface area contributed by atoms with Crippen LogP contribution >= 0.6 is 11.8 Å². The summed E-state index contributed by atoms with van der Waals surface area (Å²) in [5, 5.41) is 20.0. The lowest BCUT2D eigenvalue weighted by Gasteiger charge is -2.15. The van der Waals surface area contributed by atoms with Crippen LogP contribution in [0.25, 0.3) is 5.69 Å². The van der Waals surface area contributed by atoms with Crippen molar-refractivity contribution in [3.8, 4) is 23.8 Å². The fourth-order valence-corrected chi connectivity index (χ4v) is 4.13. The van der Waals surface area contributed by atoms with Crippen LogP contribution in [0.1, 0.15) is 27.8 Å². The molecular formula is C22H22N4O3S. The van der Waals surface area contributed by atoms with Crippen molar-refractivity contribution in [1.82, 2.24) is 14.8 Å². The van der Waals surface area contributed by atoms with E-state index in [0.29, 0.717) is 10.9 Å². The first-order valence-electron chi connectivity index (χ1n) is 9.33. The van der Waals surface area contributed by atoms with Crippen molar-refractivity contribution in [2.45, 2.75) is 31.2 Å². The summed E-state index contributed by atoms with van der Waals surface area (Å²) in [4.78, 5) is 11.0. The molecule has 0 radical (unpaired) electrons. The van der Waals surface area contributed by atoms with E-state index < -0.39 is 5.25 Å². The van der Waals surface area contributed by atoms with E-state index in [4.69, 9.17) is 11.2 Å².